The summed E-state index contributed by atoms with van der Waals surface area (Å²) in [6, 6.07) is 11.7. The number of hydrazine groups is 1. The summed E-state index contributed by atoms with van der Waals surface area (Å²) in [6.45, 7) is 6.28. The quantitative estimate of drug-likeness (QED) is 0.498. The second kappa shape index (κ2) is 8.69. The van der Waals surface area contributed by atoms with Crippen LogP contribution in [0.25, 0.3) is 0 Å². The molecule has 0 saturated carbocycles. The Hall–Kier alpha value is -2.15. The Bertz CT molecular complexity index is 878. The molecule has 0 bridgehead atoms. The van der Waals surface area contributed by atoms with Crippen LogP contribution in [0, 0.1) is 0 Å². The molecule has 142 valence electrons. The first-order valence-electron chi connectivity index (χ1n) is 8.05. The Morgan fingerprint density at radius 1 is 0.926 bits per heavy atom. The summed E-state index contributed by atoms with van der Waals surface area (Å²) in [5.41, 5.74) is 6.73. The summed E-state index contributed by atoms with van der Waals surface area (Å²) >= 11 is 16.8. The molecule has 2 amide bonds. The van der Waals surface area contributed by atoms with Crippen molar-refractivity contribution in [1.29, 1.82) is 0 Å². The van der Waals surface area contributed by atoms with Gasteiger partial charge in [0, 0.05) is 10.6 Å². The third kappa shape index (κ3) is 5.92. The Morgan fingerprint density at radius 2 is 1.56 bits per heavy atom. The van der Waals surface area contributed by atoms with Gasteiger partial charge in [0.15, 0.2) is 5.11 Å². The van der Waals surface area contributed by atoms with Crippen LogP contribution in [-0.4, -0.2) is 16.9 Å². The van der Waals surface area contributed by atoms with Crippen molar-refractivity contribution in [2.24, 2.45) is 0 Å². The summed E-state index contributed by atoms with van der Waals surface area (Å²) in [5.74, 6) is -0.894. The van der Waals surface area contributed by atoms with Gasteiger partial charge in [-0.15, -0.1) is 0 Å². The number of halogens is 2. The van der Waals surface area contributed by atoms with E-state index in [2.05, 4.69) is 36.9 Å². The van der Waals surface area contributed by atoms with E-state index in [0.717, 1.165) is 5.56 Å². The van der Waals surface area contributed by atoms with E-state index in [1.807, 2.05) is 12.1 Å². The number of benzene rings is 2. The smallest absolute Gasteiger partial charge is 0.269 e. The zero-order valence-corrected chi connectivity index (χ0v) is 17.4. The topological polar surface area (TPSA) is 70.2 Å². The highest BCUT2D eigenvalue weighted by atomic mass is 35.5. The molecule has 5 nitrogen and oxygen atoms in total. The van der Waals surface area contributed by atoms with E-state index in [1.165, 1.54) is 12.1 Å². The highest BCUT2D eigenvalue weighted by Gasteiger charge is 2.15. The normalized spacial score (nSPS) is 10.9. The number of carbonyl (C=O) groups excluding carboxylic acids is 2. The van der Waals surface area contributed by atoms with Gasteiger partial charge < -0.3 is 0 Å². The number of thiocarbonyl (C=S) groups is 1. The van der Waals surface area contributed by atoms with Crippen molar-refractivity contribution in [3.8, 4) is 0 Å². The molecule has 2 aromatic carbocycles. The minimum absolute atomic E-state index is 0.00203. The second-order valence-electron chi connectivity index (χ2n) is 6.81. The maximum Gasteiger partial charge on any atom is 0.269 e. The van der Waals surface area contributed by atoms with Gasteiger partial charge >= 0.3 is 0 Å². The molecule has 0 unspecified atom stereocenters. The molecule has 0 aliphatic carbocycles. The number of rotatable bonds is 2. The van der Waals surface area contributed by atoms with Crippen molar-refractivity contribution in [2.45, 2.75) is 26.2 Å². The summed E-state index contributed by atoms with van der Waals surface area (Å²) < 4.78 is 0. The van der Waals surface area contributed by atoms with Crippen LogP contribution in [0.3, 0.4) is 0 Å². The van der Waals surface area contributed by atoms with Gasteiger partial charge in [0.05, 0.1) is 10.6 Å². The number of hydrogen-bond acceptors (Lipinski definition) is 3. The molecule has 0 spiro atoms. The van der Waals surface area contributed by atoms with Crippen LogP contribution in [0.15, 0.2) is 42.5 Å². The van der Waals surface area contributed by atoms with Crippen molar-refractivity contribution in [2.75, 3.05) is 0 Å². The Labute approximate surface area is 173 Å². The Kier molecular flexibility index (Phi) is 6.81. The van der Waals surface area contributed by atoms with E-state index in [1.54, 1.807) is 18.2 Å². The Morgan fingerprint density at radius 3 is 2.11 bits per heavy atom. The monoisotopic (exact) mass is 423 g/mol. The maximum atomic E-state index is 12.2. The summed E-state index contributed by atoms with van der Waals surface area (Å²) in [7, 11) is 0. The van der Waals surface area contributed by atoms with Crippen molar-refractivity contribution in [1.82, 2.24) is 16.2 Å². The fourth-order valence-corrected chi connectivity index (χ4v) is 2.82. The molecule has 0 aromatic heterocycles. The largest absolute Gasteiger partial charge is 0.298 e. The summed E-state index contributed by atoms with van der Waals surface area (Å²) in [5, 5.41) is 2.99. The van der Waals surface area contributed by atoms with Crippen molar-refractivity contribution in [3.05, 3.63) is 69.2 Å². The molecule has 2 aromatic rings. The zero-order chi connectivity index (χ0) is 20.2. The van der Waals surface area contributed by atoms with Gasteiger partial charge in [0.25, 0.3) is 11.8 Å². The van der Waals surface area contributed by atoms with E-state index >= 15 is 0 Å². The highest BCUT2D eigenvalue weighted by Crippen LogP contribution is 2.22. The molecule has 0 aliphatic rings. The fourth-order valence-electron chi connectivity index (χ4n) is 2.18. The van der Waals surface area contributed by atoms with Crippen LogP contribution in [-0.2, 0) is 5.41 Å². The van der Waals surface area contributed by atoms with Gasteiger partial charge in [0.2, 0.25) is 0 Å². The molecule has 2 rings (SSSR count). The minimum Gasteiger partial charge on any atom is -0.298 e. The van der Waals surface area contributed by atoms with Crippen LogP contribution in [0.2, 0.25) is 10.0 Å². The molecular formula is C19H19Cl2N3O2S. The van der Waals surface area contributed by atoms with E-state index in [0.29, 0.717) is 10.6 Å². The van der Waals surface area contributed by atoms with Crippen LogP contribution in [0.4, 0.5) is 0 Å². The van der Waals surface area contributed by atoms with E-state index < -0.39 is 5.91 Å². The highest BCUT2D eigenvalue weighted by molar-refractivity contribution is 7.80. The van der Waals surface area contributed by atoms with Gasteiger partial charge in [-0.05, 0) is 53.5 Å². The maximum absolute atomic E-state index is 12.2. The number of nitrogens with one attached hydrogen (secondary N) is 3. The number of amides is 2. The molecule has 27 heavy (non-hydrogen) atoms. The van der Waals surface area contributed by atoms with Crippen LogP contribution < -0.4 is 16.2 Å². The molecule has 8 heteroatoms. The second-order valence-corrected chi connectivity index (χ2v) is 8.07. The lowest BCUT2D eigenvalue weighted by Gasteiger charge is -2.19. The third-order valence-corrected chi connectivity index (χ3v) is 4.46. The lowest BCUT2D eigenvalue weighted by molar-refractivity contribution is 0.0934. The van der Waals surface area contributed by atoms with E-state index in [-0.39, 0.29) is 27.0 Å². The predicted molar refractivity (Wildman–Crippen MR) is 112 cm³/mol. The molecule has 0 heterocycles. The van der Waals surface area contributed by atoms with E-state index in [9.17, 15) is 9.59 Å². The summed E-state index contributed by atoms with van der Waals surface area (Å²) in [6.07, 6.45) is 0. The standard InChI is InChI=1S/C19H19Cl2N3O2S/c1-19(2,3)12-6-4-11(5-7-12)16(25)23-24-18(27)22-17(26)14-9-8-13(20)10-15(14)21/h4-10H,1-3H3,(H,23,25)(H2,22,24,26,27). The van der Waals surface area contributed by atoms with Crippen molar-refractivity contribution >= 4 is 52.3 Å². The third-order valence-electron chi connectivity index (χ3n) is 3.71. The first-order chi connectivity index (χ1) is 12.6. The molecule has 0 radical (unpaired) electrons. The zero-order valence-electron chi connectivity index (χ0n) is 15.0. The lowest BCUT2D eigenvalue weighted by Crippen LogP contribution is -2.48. The summed E-state index contributed by atoms with van der Waals surface area (Å²) in [4.78, 5) is 24.3. The first-order valence-corrected chi connectivity index (χ1v) is 9.21. The lowest BCUT2D eigenvalue weighted by atomic mass is 9.87. The van der Waals surface area contributed by atoms with Crippen molar-refractivity contribution < 1.29 is 9.59 Å². The first kappa shape index (κ1) is 21.2. The SMILES string of the molecule is CC(C)(C)c1ccc(C(=O)NNC(=S)NC(=O)c2ccc(Cl)cc2Cl)cc1. The van der Waals surface area contributed by atoms with Crippen molar-refractivity contribution in [3.63, 3.8) is 0 Å². The minimum atomic E-state index is -0.516. The molecule has 0 atom stereocenters. The molecular weight excluding hydrogens is 405 g/mol. The average Bonchev–Trinajstić information content (AvgIpc) is 2.58. The van der Waals surface area contributed by atoms with Gasteiger partial charge in [-0.25, -0.2) is 0 Å². The van der Waals surface area contributed by atoms with Crippen LogP contribution in [0.1, 0.15) is 47.1 Å². The van der Waals surface area contributed by atoms with Gasteiger partial charge in [-0.2, -0.15) is 0 Å². The predicted octanol–water partition coefficient (Wildman–Crippen LogP) is 4.24. The van der Waals surface area contributed by atoms with Crippen LogP contribution in [0.5, 0.6) is 0 Å². The Balaban J connectivity index is 1.91. The average molecular weight is 424 g/mol. The van der Waals surface area contributed by atoms with Gasteiger partial charge in [0.1, 0.15) is 0 Å². The van der Waals surface area contributed by atoms with E-state index in [4.69, 9.17) is 35.4 Å². The fraction of sp³-hybridized carbons (Fsp3) is 0.211. The molecule has 0 aliphatic heterocycles. The van der Waals surface area contributed by atoms with Gasteiger partial charge in [-0.3, -0.25) is 25.8 Å². The van der Waals surface area contributed by atoms with Gasteiger partial charge in [-0.1, -0.05) is 56.1 Å². The molecule has 3 N–H and O–H groups in total. The number of hydrogen-bond donors (Lipinski definition) is 3. The molecule has 0 saturated heterocycles. The molecule has 0 fully saturated rings. The number of carbonyl (C=O) groups is 2. The van der Waals surface area contributed by atoms with Crippen LogP contribution >= 0.6 is 35.4 Å².